The van der Waals surface area contributed by atoms with Crippen LogP contribution in [0.5, 0.6) is 0 Å². The molecule has 0 aromatic rings. The van der Waals surface area contributed by atoms with Gasteiger partial charge >= 0.3 is 0 Å². The van der Waals surface area contributed by atoms with E-state index in [0.717, 1.165) is 24.8 Å². The number of nitrogens with zero attached hydrogens (tertiary/aromatic N) is 1. The average Bonchev–Trinajstić information content (AvgIpc) is 2.78. The monoisotopic (exact) mass is 252 g/mol. The maximum atomic E-state index is 12.3. The second-order valence-corrected chi connectivity index (χ2v) is 6.69. The van der Waals surface area contributed by atoms with E-state index >= 15 is 0 Å². The van der Waals surface area contributed by atoms with Crippen LogP contribution in [0.25, 0.3) is 0 Å². The van der Waals surface area contributed by atoms with E-state index in [0.29, 0.717) is 11.8 Å². The lowest BCUT2D eigenvalue weighted by Gasteiger charge is -2.29. The third-order valence-electron chi connectivity index (χ3n) is 4.64. The molecule has 1 saturated heterocycles. The zero-order chi connectivity index (χ0) is 13.3. The van der Waals surface area contributed by atoms with E-state index in [1.165, 1.54) is 19.3 Å². The van der Waals surface area contributed by atoms with Gasteiger partial charge in [-0.05, 0) is 37.5 Å². The lowest BCUT2D eigenvalue weighted by Crippen LogP contribution is -2.41. The number of nitrogens with one attached hydrogen (secondary N) is 1. The zero-order valence-corrected chi connectivity index (χ0v) is 12.3. The van der Waals surface area contributed by atoms with Crippen molar-refractivity contribution in [2.45, 2.75) is 65.6 Å². The van der Waals surface area contributed by atoms with Crippen molar-refractivity contribution in [2.75, 3.05) is 6.54 Å². The SMILES string of the molecule is CC(C)CC1NC(C)C(=O)N1CC1CCCC1C. The number of amides is 1. The van der Waals surface area contributed by atoms with Crippen molar-refractivity contribution < 1.29 is 4.79 Å². The average molecular weight is 252 g/mol. The Morgan fingerprint density at radius 2 is 2.06 bits per heavy atom. The molecule has 1 aliphatic heterocycles. The Kier molecular flexibility index (Phi) is 4.31. The van der Waals surface area contributed by atoms with E-state index < -0.39 is 0 Å². The topological polar surface area (TPSA) is 32.3 Å². The zero-order valence-electron chi connectivity index (χ0n) is 12.3. The fraction of sp³-hybridized carbons (Fsp3) is 0.933. The number of carbonyl (C=O) groups excluding carboxylic acids is 1. The minimum absolute atomic E-state index is 0.00505. The summed E-state index contributed by atoms with van der Waals surface area (Å²) in [5.41, 5.74) is 0. The normalized spacial score (nSPS) is 36.9. The van der Waals surface area contributed by atoms with E-state index in [2.05, 4.69) is 31.0 Å². The molecule has 1 heterocycles. The Bertz CT molecular complexity index is 303. The van der Waals surface area contributed by atoms with Crippen LogP contribution < -0.4 is 5.32 Å². The van der Waals surface area contributed by atoms with Crippen molar-refractivity contribution in [3.63, 3.8) is 0 Å². The maximum absolute atomic E-state index is 12.3. The molecule has 1 N–H and O–H groups in total. The quantitative estimate of drug-likeness (QED) is 0.834. The molecule has 0 radical (unpaired) electrons. The number of hydrogen-bond acceptors (Lipinski definition) is 2. The number of hydrogen-bond donors (Lipinski definition) is 1. The van der Waals surface area contributed by atoms with Gasteiger partial charge in [-0.15, -0.1) is 0 Å². The van der Waals surface area contributed by atoms with Gasteiger partial charge in [0.05, 0.1) is 12.2 Å². The van der Waals surface area contributed by atoms with Crippen LogP contribution in [0, 0.1) is 17.8 Å². The molecule has 3 nitrogen and oxygen atoms in total. The van der Waals surface area contributed by atoms with Gasteiger partial charge in [0.25, 0.3) is 0 Å². The summed E-state index contributed by atoms with van der Waals surface area (Å²) < 4.78 is 0. The van der Waals surface area contributed by atoms with Crippen molar-refractivity contribution in [1.82, 2.24) is 10.2 Å². The molecule has 0 spiro atoms. The predicted molar refractivity (Wildman–Crippen MR) is 74.1 cm³/mol. The summed E-state index contributed by atoms with van der Waals surface area (Å²) in [6, 6.07) is 0.00505. The highest BCUT2D eigenvalue weighted by molar-refractivity contribution is 5.83. The largest absolute Gasteiger partial charge is 0.326 e. The third-order valence-corrected chi connectivity index (χ3v) is 4.64. The van der Waals surface area contributed by atoms with Gasteiger partial charge in [-0.2, -0.15) is 0 Å². The molecule has 18 heavy (non-hydrogen) atoms. The molecule has 2 aliphatic rings. The van der Waals surface area contributed by atoms with Gasteiger partial charge in [0.1, 0.15) is 0 Å². The summed E-state index contributed by atoms with van der Waals surface area (Å²) in [7, 11) is 0. The fourth-order valence-corrected chi connectivity index (χ4v) is 3.46. The van der Waals surface area contributed by atoms with E-state index in [1.54, 1.807) is 0 Å². The number of carbonyl (C=O) groups is 1. The molecule has 1 amide bonds. The van der Waals surface area contributed by atoms with Gasteiger partial charge < -0.3 is 4.90 Å². The van der Waals surface area contributed by atoms with Crippen LogP contribution in [0.1, 0.15) is 53.4 Å². The molecule has 1 aliphatic carbocycles. The van der Waals surface area contributed by atoms with Crippen LogP contribution in [0.15, 0.2) is 0 Å². The molecule has 2 rings (SSSR count). The summed E-state index contributed by atoms with van der Waals surface area (Å²) in [6.45, 7) is 9.76. The summed E-state index contributed by atoms with van der Waals surface area (Å²) in [6.07, 6.45) is 5.31. The first-order valence-electron chi connectivity index (χ1n) is 7.55. The highest BCUT2D eigenvalue weighted by atomic mass is 16.2. The molecular formula is C15H28N2O. The lowest BCUT2D eigenvalue weighted by molar-refractivity contribution is -0.130. The minimum Gasteiger partial charge on any atom is -0.326 e. The molecule has 4 unspecified atom stereocenters. The first-order valence-corrected chi connectivity index (χ1v) is 7.55. The van der Waals surface area contributed by atoms with Gasteiger partial charge in [-0.1, -0.05) is 33.6 Å². The van der Waals surface area contributed by atoms with E-state index in [1.807, 2.05) is 6.92 Å². The second kappa shape index (κ2) is 5.60. The van der Waals surface area contributed by atoms with Crippen LogP contribution in [-0.4, -0.2) is 29.6 Å². The van der Waals surface area contributed by atoms with Crippen LogP contribution >= 0.6 is 0 Å². The third kappa shape index (κ3) is 2.87. The lowest BCUT2D eigenvalue weighted by atomic mass is 9.97. The highest BCUT2D eigenvalue weighted by Gasteiger charge is 2.38. The van der Waals surface area contributed by atoms with E-state index in [4.69, 9.17) is 0 Å². The molecule has 0 aromatic heterocycles. The summed E-state index contributed by atoms with van der Waals surface area (Å²) >= 11 is 0. The van der Waals surface area contributed by atoms with Crippen molar-refractivity contribution in [3.8, 4) is 0 Å². The van der Waals surface area contributed by atoms with E-state index in [9.17, 15) is 4.79 Å². The Morgan fingerprint density at radius 1 is 1.33 bits per heavy atom. The van der Waals surface area contributed by atoms with Gasteiger partial charge in [0, 0.05) is 6.54 Å². The molecule has 0 bridgehead atoms. The van der Waals surface area contributed by atoms with Crippen molar-refractivity contribution in [2.24, 2.45) is 17.8 Å². The summed E-state index contributed by atoms with van der Waals surface area (Å²) in [4.78, 5) is 14.4. The fourth-order valence-electron chi connectivity index (χ4n) is 3.46. The molecule has 1 saturated carbocycles. The Hall–Kier alpha value is -0.570. The Labute approximate surface area is 111 Å². The minimum atomic E-state index is 0.00505. The summed E-state index contributed by atoms with van der Waals surface area (Å²) in [5.74, 6) is 2.44. The van der Waals surface area contributed by atoms with Gasteiger partial charge in [-0.25, -0.2) is 0 Å². The van der Waals surface area contributed by atoms with Crippen LogP contribution in [-0.2, 0) is 4.79 Å². The molecule has 104 valence electrons. The standard InChI is InChI=1S/C15H28N2O/c1-10(2)8-14-16-12(4)15(18)17(14)9-13-7-5-6-11(13)3/h10-14,16H,5-9H2,1-4H3. The van der Waals surface area contributed by atoms with Crippen LogP contribution in [0.3, 0.4) is 0 Å². The first kappa shape index (κ1) is 13.9. The van der Waals surface area contributed by atoms with Crippen molar-refractivity contribution in [1.29, 1.82) is 0 Å². The molecule has 4 atom stereocenters. The molecule has 0 aromatic carbocycles. The maximum Gasteiger partial charge on any atom is 0.240 e. The van der Waals surface area contributed by atoms with Crippen LogP contribution in [0.2, 0.25) is 0 Å². The van der Waals surface area contributed by atoms with Gasteiger partial charge in [-0.3, -0.25) is 10.1 Å². The van der Waals surface area contributed by atoms with E-state index in [-0.39, 0.29) is 12.2 Å². The smallest absolute Gasteiger partial charge is 0.240 e. The van der Waals surface area contributed by atoms with Crippen LogP contribution in [0.4, 0.5) is 0 Å². The number of rotatable bonds is 4. The highest BCUT2D eigenvalue weighted by Crippen LogP contribution is 2.33. The van der Waals surface area contributed by atoms with Gasteiger partial charge in [0.15, 0.2) is 0 Å². The predicted octanol–water partition coefficient (Wildman–Crippen LogP) is 2.62. The summed E-state index contributed by atoms with van der Waals surface area (Å²) in [5, 5.41) is 3.45. The van der Waals surface area contributed by atoms with Gasteiger partial charge in [0.2, 0.25) is 5.91 Å². The molecule has 3 heteroatoms. The molecular weight excluding hydrogens is 224 g/mol. The van der Waals surface area contributed by atoms with Crippen molar-refractivity contribution in [3.05, 3.63) is 0 Å². The Morgan fingerprint density at radius 3 is 2.61 bits per heavy atom. The van der Waals surface area contributed by atoms with Crippen molar-refractivity contribution >= 4 is 5.91 Å². The second-order valence-electron chi connectivity index (χ2n) is 6.69. The molecule has 2 fully saturated rings. The first-order chi connectivity index (χ1) is 8.49. The Balaban J connectivity index is 2.00.